The van der Waals surface area contributed by atoms with Crippen LogP contribution in [-0.2, 0) is 16.0 Å². The van der Waals surface area contributed by atoms with Crippen molar-refractivity contribution in [1.29, 1.82) is 0 Å². The Hall–Kier alpha value is -1.92. The Morgan fingerprint density at radius 1 is 1.50 bits per heavy atom. The van der Waals surface area contributed by atoms with Gasteiger partial charge in [-0.05, 0) is 26.7 Å². The summed E-state index contributed by atoms with van der Waals surface area (Å²) in [7, 11) is 0. The van der Waals surface area contributed by atoms with Crippen molar-refractivity contribution in [2.24, 2.45) is 5.41 Å². The number of carbonyl (C=O) groups excluding carboxylic acids is 1. The van der Waals surface area contributed by atoms with Gasteiger partial charge in [0.25, 0.3) is 0 Å². The molecule has 7 nitrogen and oxygen atoms in total. The molecule has 0 radical (unpaired) electrons. The number of carbonyl (C=O) groups is 2. The van der Waals surface area contributed by atoms with Crippen LogP contribution >= 0.6 is 0 Å². The number of hydrogen-bond acceptors (Lipinski definition) is 5. The Morgan fingerprint density at radius 3 is 2.85 bits per heavy atom. The summed E-state index contributed by atoms with van der Waals surface area (Å²) in [5.74, 6) is 0.0771. The lowest BCUT2D eigenvalue weighted by molar-refractivity contribution is -0.153. The number of likely N-dealkylation sites (tertiary alicyclic amines) is 1. The highest BCUT2D eigenvalue weighted by molar-refractivity contribution is 5.79. The Balaban J connectivity index is 1.90. The van der Waals surface area contributed by atoms with E-state index in [1.54, 1.807) is 18.7 Å². The number of nitrogens with zero attached hydrogens (tertiary/aromatic N) is 3. The van der Waals surface area contributed by atoms with Gasteiger partial charge in [0, 0.05) is 25.9 Å². The number of carboxylic acids is 1. The van der Waals surface area contributed by atoms with E-state index in [0.29, 0.717) is 37.5 Å². The molecule has 0 saturated carbocycles. The predicted octanol–water partition coefficient (Wildman–Crippen LogP) is 1.02. The van der Waals surface area contributed by atoms with Crippen molar-refractivity contribution in [1.82, 2.24) is 15.0 Å². The van der Waals surface area contributed by atoms with Crippen LogP contribution in [0.4, 0.5) is 0 Å². The maximum absolute atomic E-state index is 12.1. The molecule has 0 bridgehead atoms. The summed E-state index contributed by atoms with van der Waals surface area (Å²) in [6.45, 7) is 4.29. The van der Waals surface area contributed by atoms with Crippen LogP contribution in [0, 0.1) is 12.3 Å². The van der Waals surface area contributed by atoms with Crippen molar-refractivity contribution < 1.29 is 19.2 Å². The number of rotatable bonds is 4. The largest absolute Gasteiger partial charge is 0.481 e. The van der Waals surface area contributed by atoms with Gasteiger partial charge in [-0.25, -0.2) is 0 Å². The number of piperidine rings is 1. The molecule has 1 aliphatic rings. The Labute approximate surface area is 117 Å². The molecule has 20 heavy (non-hydrogen) atoms. The number of carboxylic acid groups (broad SMARTS) is 1. The topological polar surface area (TPSA) is 96.5 Å². The molecular formula is C13H19N3O4. The van der Waals surface area contributed by atoms with Crippen molar-refractivity contribution >= 4 is 11.9 Å². The molecule has 1 fully saturated rings. The van der Waals surface area contributed by atoms with Gasteiger partial charge in [-0.1, -0.05) is 5.16 Å². The van der Waals surface area contributed by atoms with E-state index in [9.17, 15) is 14.7 Å². The highest BCUT2D eigenvalue weighted by Gasteiger charge is 2.39. The second-order valence-electron chi connectivity index (χ2n) is 5.52. The van der Waals surface area contributed by atoms with Gasteiger partial charge in [0.1, 0.15) is 0 Å². The summed E-state index contributed by atoms with van der Waals surface area (Å²) in [6.07, 6.45) is 1.97. The molecule has 1 atom stereocenters. The molecule has 1 amide bonds. The third kappa shape index (κ3) is 3.15. The van der Waals surface area contributed by atoms with Crippen LogP contribution in [-0.4, -0.2) is 45.1 Å². The number of aromatic nitrogens is 2. The number of hydrogen-bond donors (Lipinski definition) is 1. The molecule has 2 rings (SSSR count). The predicted molar refractivity (Wildman–Crippen MR) is 68.9 cm³/mol. The quantitative estimate of drug-likeness (QED) is 0.885. The van der Waals surface area contributed by atoms with E-state index in [-0.39, 0.29) is 18.9 Å². The van der Waals surface area contributed by atoms with E-state index in [4.69, 9.17) is 4.52 Å². The highest BCUT2D eigenvalue weighted by Crippen LogP contribution is 2.30. The first-order valence-corrected chi connectivity index (χ1v) is 6.71. The van der Waals surface area contributed by atoms with E-state index in [1.165, 1.54) is 0 Å². The van der Waals surface area contributed by atoms with Crippen LogP contribution < -0.4 is 0 Å². The summed E-state index contributed by atoms with van der Waals surface area (Å²) in [5.41, 5.74) is -0.838. The number of aryl methyl sites for hydroxylation is 2. The van der Waals surface area contributed by atoms with Crippen molar-refractivity contribution in [2.75, 3.05) is 13.1 Å². The van der Waals surface area contributed by atoms with Crippen LogP contribution in [0.2, 0.25) is 0 Å². The van der Waals surface area contributed by atoms with E-state index in [2.05, 4.69) is 10.1 Å². The molecule has 0 spiro atoms. The van der Waals surface area contributed by atoms with Crippen LogP contribution in [0.1, 0.15) is 37.9 Å². The maximum Gasteiger partial charge on any atom is 0.311 e. The molecule has 110 valence electrons. The van der Waals surface area contributed by atoms with E-state index < -0.39 is 11.4 Å². The Morgan fingerprint density at radius 2 is 2.25 bits per heavy atom. The third-order valence-corrected chi connectivity index (χ3v) is 3.69. The monoisotopic (exact) mass is 281 g/mol. The lowest BCUT2D eigenvalue weighted by Gasteiger charge is -2.37. The molecule has 1 aromatic rings. The molecule has 7 heteroatoms. The standard InChI is InChI=1S/C13H19N3O4/c1-9-14-10(20-15-9)4-5-11(17)16-7-3-6-13(2,8-16)12(18)19/h3-8H2,1-2H3,(H,18,19). The van der Waals surface area contributed by atoms with Gasteiger partial charge < -0.3 is 14.5 Å². The van der Waals surface area contributed by atoms with Crippen molar-refractivity contribution in [2.45, 2.75) is 39.5 Å². The van der Waals surface area contributed by atoms with E-state index in [0.717, 1.165) is 0 Å². The smallest absolute Gasteiger partial charge is 0.311 e. The fourth-order valence-corrected chi connectivity index (χ4v) is 2.44. The number of amides is 1. The van der Waals surface area contributed by atoms with Crippen LogP contribution in [0.3, 0.4) is 0 Å². The Bertz CT molecular complexity index is 513. The van der Waals surface area contributed by atoms with Gasteiger partial charge in [-0.15, -0.1) is 0 Å². The molecule has 0 aliphatic carbocycles. The second-order valence-corrected chi connectivity index (χ2v) is 5.52. The first kappa shape index (κ1) is 14.5. The number of aliphatic carboxylic acids is 1. The fraction of sp³-hybridized carbons (Fsp3) is 0.692. The molecular weight excluding hydrogens is 262 g/mol. The van der Waals surface area contributed by atoms with Gasteiger partial charge in [0.05, 0.1) is 5.41 Å². The first-order chi connectivity index (χ1) is 9.40. The van der Waals surface area contributed by atoms with Crippen LogP contribution in [0.15, 0.2) is 4.52 Å². The SMILES string of the molecule is Cc1noc(CCC(=O)N2CCCC(C)(C(=O)O)C2)n1. The minimum absolute atomic E-state index is 0.0620. The van der Waals surface area contributed by atoms with E-state index >= 15 is 0 Å². The van der Waals surface area contributed by atoms with Gasteiger partial charge in [-0.2, -0.15) is 4.98 Å². The molecule has 1 unspecified atom stereocenters. The fourth-order valence-electron chi connectivity index (χ4n) is 2.44. The van der Waals surface area contributed by atoms with E-state index in [1.807, 2.05) is 0 Å². The van der Waals surface area contributed by atoms with Crippen LogP contribution in [0.25, 0.3) is 0 Å². The molecule has 2 heterocycles. The summed E-state index contributed by atoms with van der Waals surface area (Å²) in [5, 5.41) is 12.9. The summed E-state index contributed by atoms with van der Waals surface area (Å²) < 4.78 is 4.96. The summed E-state index contributed by atoms with van der Waals surface area (Å²) in [4.78, 5) is 29.1. The van der Waals surface area contributed by atoms with Crippen LogP contribution in [0.5, 0.6) is 0 Å². The minimum Gasteiger partial charge on any atom is -0.481 e. The lowest BCUT2D eigenvalue weighted by atomic mass is 9.82. The van der Waals surface area contributed by atoms with Crippen molar-refractivity contribution in [3.63, 3.8) is 0 Å². The summed E-state index contributed by atoms with van der Waals surface area (Å²) in [6, 6.07) is 0. The summed E-state index contributed by atoms with van der Waals surface area (Å²) >= 11 is 0. The molecule has 0 aromatic carbocycles. The maximum atomic E-state index is 12.1. The van der Waals surface area contributed by atoms with Crippen molar-refractivity contribution in [3.05, 3.63) is 11.7 Å². The Kier molecular flexibility index (Phi) is 4.06. The molecule has 1 aromatic heterocycles. The van der Waals surface area contributed by atoms with Gasteiger partial charge in [-0.3, -0.25) is 9.59 Å². The van der Waals surface area contributed by atoms with Gasteiger partial charge >= 0.3 is 5.97 Å². The highest BCUT2D eigenvalue weighted by atomic mass is 16.5. The zero-order chi connectivity index (χ0) is 14.8. The van der Waals surface area contributed by atoms with Crippen molar-refractivity contribution in [3.8, 4) is 0 Å². The average Bonchev–Trinajstić information content (AvgIpc) is 2.81. The van der Waals surface area contributed by atoms with Gasteiger partial charge in [0.2, 0.25) is 11.8 Å². The lowest BCUT2D eigenvalue weighted by Crippen LogP contribution is -2.48. The molecule has 1 N–H and O–H groups in total. The first-order valence-electron chi connectivity index (χ1n) is 6.71. The van der Waals surface area contributed by atoms with Gasteiger partial charge in [0.15, 0.2) is 5.82 Å². The normalized spacial score (nSPS) is 22.8. The zero-order valence-electron chi connectivity index (χ0n) is 11.8. The second kappa shape index (κ2) is 5.60. The molecule has 1 saturated heterocycles. The molecule has 1 aliphatic heterocycles. The zero-order valence-corrected chi connectivity index (χ0v) is 11.8. The third-order valence-electron chi connectivity index (χ3n) is 3.69. The minimum atomic E-state index is -0.845. The average molecular weight is 281 g/mol.